The molecule has 1 aromatic heterocycles. The molecule has 0 unspecified atom stereocenters. The van der Waals surface area contributed by atoms with Crippen molar-refractivity contribution in [2.45, 2.75) is 0 Å². The summed E-state index contributed by atoms with van der Waals surface area (Å²) in [5.74, 6) is 0.817. The average molecular weight is 282 g/mol. The summed E-state index contributed by atoms with van der Waals surface area (Å²) in [6.07, 6.45) is 0. The number of nitrogens with two attached hydrogens (primary N) is 1. The smallest absolute Gasteiger partial charge is 0.258 e. The lowest BCUT2D eigenvalue weighted by Crippen LogP contribution is -2.07. The molecule has 0 saturated carbocycles. The van der Waals surface area contributed by atoms with E-state index in [0.717, 1.165) is 16.2 Å². The van der Waals surface area contributed by atoms with Crippen LogP contribution in [0, 0.1) is 0 Å². The van der Waals surface area contributed by atoms with Gasteiger partial charge in [-0.2, -0.15) is 0 Å². The number of hydrogen-bond acceptors (Lipinski definition) is 3. The van der Waals surface area contributed by atoms with E-state index >= 15 is 0 Å². The van der Waals surface area contributed by atoms with Gasteiger partial charge in [-0.3, -0.25) is 4.79 Å². The molecule has 0 aliphatic rings. The van der Waals surface area contributed by atoms with Crippen LogP contribution in [0.3, 0.4) is 0 Å². The van der Waals surface area contributed by atoms with E-state index in [1.165, 1.54) is 11.3 Å². The lowest BCUT2D eigenvalue weighted by Gasteiger charge is -2.05. The van der Waals surface area contributed by atoms with Crippen molar-refractivity contribution in [2.75, 3.05) is 12.5 Å². The third kappa shape index (κ3) is 3.03. The molecule has 18 heavy (non-hydrogen) atoms. The van der Waals surface area contributed by atoms with Crippen molar-refractivity contribution in [1.82, 2.24) is 0 Å². The van der Waals surface area contributed by atoms with Crippen LogP contribution < -0.4 is 10.5 Å². The molecule has 0 aliphatic heterocycles. The summed E-state index contributed by atoms with van der Waals surface area (Å²) < 4.78 is 5.45. The lowest BCUT2D eigenvalue weighted by atomic mass is 10.2. The summed E-state index contributed by atoms with van der Waals surface area (Å²) in [4.78, 5) is 12.6. The first-order chi connectivity index (χ1) is 8.70. The molecular weight excluding hydrogens is 270 g/mol. The monoisotopic (exact) mass is 281 g/mol. The Labute approximate surface area is 114 Å². The number of benzene rings is 1. The van der Waals surface area contributed by atoms with Gasteiger partial charge in [0.1, 0.15) is 12.4 Å². The van der Waals surface area contributed by atoms with Crippen molar-refractivity contribution in [3.63, 3.8) is 0 Å². The Bertz CT molecular complexity index is 553. The Kier molecular flexibility index (Phi) is 4.23. The maximum Gasteiger partial charge on any atom is 0.258 e. The molecule has 3 nitrogen and oxygen atoms in total. The van der Waals surface area contributed by atoms with E-state index in [9.17, 15) is 4.79 Å². The van der Waals surface area contributed by atoms with E-state index in [1.54, 1.807) is 6.07 Å². The minimum atomic E-state index is -0.402. The molecule has 0 saturated heterocycles. The van der Waals surface area contributed by atoms with Crippen LogP contribution >= 0.6 is 22.9 Å². The van der Waals surface area contributed by atoms with E-state index in [0.29, 0.717) is 17.4 Å². The highest BCUT2D eigenvalue weighted by molar-refractivity contribution is 7.17. The number of primary amides is 1. The molecule has 0 spiro atoms. The SMILES string of the molecule is NC(=O)c1ccc(-c2cccc(OCCCl)c2)s1. The fourth-order valence-corrected chi connectivity index (χ4v) is 2.45. The van der Waals surface area contributed by atoms with Crippen molar-refractivity contribution < 1.29 is 9.53 Å². The molecule has 5 heteroatoms. The second-order valence-electron chi connectivity index (χ2n) is 3.59. The van der Waals surface area contributed by atoms with Gasteiger partial charge in [-0.1, -0.05) is 12.1 Å². The Morgan fingerprint density at radius 2 is 2.17 bits per heavy atom. The zero-order chi connectivity index (χ0) is 13.0. The number of alkyl halides is 1. The molecule has 94 valence electrons. The fourth-order valence-electron chi connectivity index (χ4n) is 1.52. The number of amides is 1. The molecule has 1 heterocycles. The Balaban J connectivity index is 2.23. The van der Waals surface area contributed by atoms with Gasteiger partial charge in [0.25, 0.3) is 5.91 Å². The molecule has 2 aromatic rings. The Morgan fingerprint density at radius 3 is 2.83 bits per heavy atom. The third-order valence-corrected chi connectivity index (χ3v) is 3.62. The largest absolute Gasteiger partial charge is 0.492 e. The molecule has 2 N–H and O–H groups in total. The number of ether oxygens (including phenoxy) is 1. The van der Waals surface area contributed by atoms with Crippen LogP contribution in [0.4, 0.5) is 0 Å². The second-order valence-corrected chi connectivity index (χ2v) is 5.06. The van der Waals surface area contributed by atoms with Crippen molar-refractivity contribution in [2.24, 2.45) is 5.73 Å². The van der Waals surface area contributed by atoms with Crippen molar-refractivity contribution in [3.05, 3.63) is 41.3 Å². The van der Waals surface area contributed by atoms with E-state index in [1.807, 2.05) is 30.3 Å². The molecule has 0 radical (unpaired) electrons. The minimum absolute atomic E-state index is 0.402. The highest BCUT2D eigenvalue weighted by Crippen LogP contribution is 2.30. The molecule has 0 aliphatic carbocycles. The van der Waals surface area contributed by atoms with Gasteiger partial charge in [0.2, 0.25) is 0 Å². The number of thiophene rings is 1. The summed E-state index contributed by atoms with van der Waals surface area (Å²) in [5, 5.41) is 0. The van der Waals surface area contributed by atoms with Gasteiger partial charge in [0.05, 0.1) is 10.8 Å². The quantitative estimate of drug-likeness (QED) is 0.856. The van der Waals surface area contributed by atoms with Gasteiger partial charge in [0.15, 0.2) is 0 Å². The first-order valence-corrected chi connectivity index (χ1v) is 6.74. The zero-order valence-corrected chi connectivity index (χ0v) is 11.1. The normalized spacial score (nSPS) is 10.3. The predicted molar refractivity (Wildman–Crippen MR) is 74.5 cm³/mol. The molecule has 0 atom stereocenters. The van der Waals surface area contributed by atoms with Gasteiger partial charge in [-0.05, 0) is 29.8 Å². The minimum Gasteiger partial charge on any atom is -0.492 e. The van der Waals surface area contributed by atoms with Crippen molar-refractivity contribution in [1.29, 1.82) is 0 Å². The topological polar surface area (TPSA) is 52.3 Å². The van der Waals surface area contributed by atoms with Crippen LogP contribution in [0.25, 0.3) is 10.4 Å². The number of rotatable bonds is 5. The van der Waals surface area contributed by atoms with E-state index in [-0.39, 0.29) is 0 Å². The maximum atomic E-state index is 11.0. The van der Waals surface area contributed by atoms with Gasteiger partial charge in [-0.25, -0.2) is 0 Å². The van der Waals surface area contributed by atoms with Crippen LogP contribution in [0.5, 0.6) is 5.75 Å². The summed E-state index contributed by atoms with van der Waals surface area (Å²) in [6.45, 7) is 0.474. The van der Waals surface area contributed by atoms with Gasteiger partial charge in [0, 0.05) is 4.88 Å². The molecular formula is C13H12ClNO2S. The first kappa shape index (κ1) is 12.9. The van der Waals surface area contributed by atoms with Crippen molar-refractivity contribution >= 4 is 28.8 Å². The molecule has 2 rings (SSSR count). The summed E-state index contributed by atoms with van der Waals surface area (Å²) in [6, 6.07) is 11.3. The number of carbonyl (C=O) groups excluding carboxylic acids is 1. The van der Waals surface area contributed by atoms with Crippen LogP contribution in [0.2, 0.25) is 0 Å². The van der Waals surface area contributed by atoms with E-state index < -0.39 is 5.91 Å². The highest BCUT2D eigenvalue weighted by Gasteiger charge is 2.07. The second kappa shape index (κ2) is 5.89. The van der Waals surface area contributed by atoms with Gasteiger partial charge >= 0.3 is 0 Å². The predicted octanol–water partition coefficient (Wildman–Crippen LogP) is 3.13. The summed E-state index contributed by atoms with van der Waals surface area (Å²) >= 11 is 6.94. The highest BCUT2D eigenvalue weighted by atomic mass is 35.5. The van der Waals surface area contributed by atoms with Crippen LogP contribution in [-0.2, 0) is 0 Å². The molecule has 0 bridgehead atoms. The Morgan fingerprint density at radius 1 is 1.33 bits per heavy atom. The molecule has 1 aromatic carbocycles. The van der Waals surface area contributed by atoms with Crippen LogP contribution in [-0.4, -0.2) is 18.4 Å². The van der Waals surface area contributed by atoms with Gasteiger partial charge in [-0.15, -0.1) is 22.9 Å². The standard InChI is InChI=1S/C13H12ClNO2S/c14-6-7-17-10-3-1-2-9(8-10)11-4-5-12(18-11)13(15)16/h1-5,8H,6-7H2,(H2,15,16). The van der Waals surface area contributed by atoms with Gasteiger partial charge < -0.3 is 10.5 Å². The van der Waals surface area contributed by atoms with Crippen LogP contribution in [0.1, 0.15) is 9.67 Å². The van der Waals surface area contributed by atoms with E-state index in [2.05, 4.69) is 0 Å². The maximum absolute atomic E-state index is 11.0. The lowest BCUT2D eigenvalue weighted by molar-refractivity contribution is 0.100. The first-order valence-electron chi connectivity index (χ1n) is 5.39. The number of halogens is 1. The zero-order valence-electron chi connectivity index (χ0n) is 9.56. The number of carbonyl (C=O) groups is 1. The summed E-state index contributed by atoms with van der Waals surface area (Å²) in [7, 11) is 0. The summed E-state index contributed by atoms with van der Waals surface area (Å²) in [5.41, 5.74) is 6.23. The molecule has 1 amide bonds. The third-order valence-electron chi connectivity index (χ3n) is 2.31. The van der Waals surface area contributed by atoms with E-state index in [4.69, 9.17) is 22.1 Å². The average Bonchev–Trinajstić information content (AvgIpc) is 2.86. The molecule has 0 fully saturated rings. The number of hydrogen-bond donors (Lipinski definition) is 1. The fraction of sp³-hybridized carbons (Fsp3) is 0.154. The Hall–Kier alpha value is -1.52. The van der Waals surface area contributed by atoms with Crippen molar-refractivity contribution in [3.8, 4) is 16.2 Å². The van der Waals surface area contributed by atoms with Crippen LogP contribution in [0.15, 0.2) is 36.4 Å².